The van der Waals surface area contributed by atoms with Gasteiger partial charge < -0.3 is 53.7 Å². The number of benzene rings is 2. The van der Waals surface area contributed by atoms with Crippen molar-refractivity contribution in [3.63, 3.8) is 0 Å². The quantitative estimate of drug-likeness (QED) is 0.0454. The third-order valence-electron chi connectivity index (χ3n) is 14.5. The summed E-state index contributed by atoms with van der Waals surface area (Å²) in [6, 6.07) is 11.1. The minimum Gasteiger partial charge on any atom is -0.618 e. The Morgan fingerprint density at radius 1 is 0.971 bits per heavy atom. The third kappa shape index (κ3) is 8.64. The Kier molecular flexibility index (Phi) is 13.2. The van der Waals surface area contributed by atoms with Crippen molar-refractivity contribution >= 4 is 57.4 Å². The van der Waals surface area contributed by atoms with Crippen molar-refractivity contribution < 1.29 is 47.2 Å². The number of rotatable bonds is 21. The third-order valence-corrected chi connectivity index (χ3v) is 14.5. The molecule has 16 heteroatoms. The summed E-state index contributed by atoms with van der Waals surface area (Å²) >= 11 is 0. The zero-order valence-corrected chi connectivity index (χ0v) is 39.8. The highest BCUT2D eigenvalue weighted by Crippen LogP contribution is 2.61. The maximum atomic E-state index is 14.4. The zero-order chi connectivity index (χ0) is 47.8. The second-order valence-electron chi connectivity index (χ2n) is 19.7. The van der Waals surface area contributed by atoms with E-state index in [1.165, 1.54) is 0 Å². The Labute approximate surface area is 396 Å². The number of hydrogen-bond donors (Lipinski definition) is 2. The number of nitrogens with zero attached hydrogens (tertiary/aromatic N) is 3. The van der Waals surface area contributed by atoms with Gasteiger partial charge in [0.15, 0.2) is 0 Å². The van der Waals surface area contributed by atoms with Crippen molar-refractivity contribution in [3.05, 3.63) is 93.0 Å². The number of ether oxygens (including phenoxy) is 5. The van der Waals surface area contributed by atoms with E-state index in [0.29, 0.717) is 114 Å². The fourth-order valence-corrected chi connectivity index (χ4v) is 11.0. The largest absolute Gasteiger partial charge is 0.618 e. The van der Waals surface area contributed by atoms with Crippen LogP contribution in [0.3, 0.4) is 0 Å². The van der Waals surface area contributed by atoms with Gasteiger partial charge in [-0.2, -0.15) is 4.74 Å². The van der Waals surface area contributed by atoms with E-state index in [-0.39, 0.29) is 30.1 Å². The Morgan fingerprint density at radius 3 is 2.46 bits per heavy atom. The lowest BCUT2D eigenvalue weighted by molar-refractivity contribution is -0.362. The molecule has 68 heavy (non-hydrogen) atoms. The minimum atomic E-state index is -1.17. The summed E-state index contributed by atoms with van der Waals surface area (Å²) in [5, 5.41) is 21.1. The van der Waals surface area contributed by atoms with Gasteiger partial charge in [0.2, 0.25) is 23.2 Å². The number of fused-ring (bicyclic) bond motifs is 7. The average Bonchev–Trinajstić information content (AvgIpc) is 3.87. The van der Waals surface area contributed by atoms with E-state index in [1.807, 2.05) is 87.2 Å². The molecule has 2 aromatic carbocycles. The molecule has 2 N–H and O–H groups in total. The molecule has 0 saturated carbocycles. The fourth-order valence-electron chi connectivity index (χ4n) is 11.0. The van der Waals surface area contributed by atoms with Crippen molar-refractivity contribution in [1.82, 2.24) is 15.5 Å². The number of carbonyl (C=O) groups excluding carboxylic acids is 3. The van der Waals surface area contributed by atoms with Crippen molar-refractivity contribution in [3.8, 4) is 5.75 Å². The standard InChI is InChI=1S/C52H63N5O11/c1-49(2)42-33-51-17-10-20-56(51)48(61)52(42,54-47(51)60)32-39-37-13-14-40-38(44(37)57(62)45(39)49)15-18-50(3,68-40)16-8-6-7-9-21-63-23-25-65-27-28-66-26-24-64-22-19-53-43(58)30-35-29-34-11-12-36(55(4)5)31-41(34)67-46(35)59/h6,8,11-15,18,29,31-32,42H,7,9-10,16-17,19-28,30,33H2,1-5H3,(H,53,58)(H,54,60)/b8-6-/t42?,50?,51-,52-/m0/s1. The first-order valence-electron chi connectivity index (χ1n) is 23.9. The van der Waals surface area contributed by atoms with Crippen LogP contribution >= 0.6 is 0 Å². The molecule has 6 aliphatic heterocycles. The van der Waals surface area contributed by atoms with Gasteiger partial charge in [0.25, 0.3) is 5.91 Å². The van der Waals surface area contributed by atoms with Gasteiger partial charge in [-0.3, -0.25) is 14.4 Å². The van der Waals surface area contributed by atoms with Crippen LogP contribution in [-0.4, -0.2) is 130 Å². The van der Waals surface area contributed by atoms with Gasteiger partial charge in [-0.1, -0.05) is 12.2 Å². The summed E-state index contributed by atoms with van der Waals surface area (Å²) in [4.78, 5) is 56.3. The van der Waals surface area contributed by atoms with Gasteiger partial charge >= 0.3 is 5.63 Å². The van der Waals surface area contributed by atoms with Crippen LogP contribution < -0.4 is 25.9 Å². The van der Waals surface area contributed by atoms with E-state index in [9.17, 15) is 24.4 Å². The van der Waals surface area contributed by atoms with Gasteiger partial charge in [0, 0.05) is 68.8 Å². The van der Waals surface area contributed by atoms with Crippen LogP contribution in [0.4, 0.5) is 11.4 Å². The smallest absolute Gasteiger partial charge is 0.339 e. The molecule has 3 amide bonds. The molecule has 3 aromatic rings. The molecule has 4 fully saturated rings. The first-order chi connectivity index (χ1) is 32.7. The van der Waals surface area contributed by atoms with Crippen LogP contribution in [-0.2, 0) is 39.8 Å². The number of anilines is 1. The summed E-state index contributed by atoms with van der Waals surface area (Å²) in [7, 11) is 3.82. The number of hydrogen-bond acceptors (Lipinski definition) is 12. The first kappa shape index (κ1) is 47.3. The Hall–Kier alpha value is -5.81. The van der Waals surface area contributed by atoms with E-state index in [2.05, 4.69) is 22.8 Å². The molecule has 1 aliphatic carbocycles. The predicted molar refractivity (Wildman–Crippen MR) is 257 cm³/mol. The summed E-state index contributed by atoms with van der Waals surface area (Å²) in [6.07, 6.45) is 14.5. The van der Waals surface area contributed by atoms with Crippen molar-refractivity contribution in [2.45, 2.75) is 82.4 Å². The van der Waals surface area contributed by atoms with Crippen LogP contribution in [0.15, 0.2) is 69.9 Å². The highest BCUT2D eigenvalue weighted by atomic mass is 16.6. The molecule has 0 radical (unpaired) electrons. The van der Waals surface area contributed by atoms with Gasteiger partial charge in [-0.25, -0.2) is 4.79 Å². The van der Waals surface area contributed by atoms with E-state index in [1.54, 1.807) is 12.1 Å². The SMILES string of the molecule is CN(C)c1ccc2cc(CC(=O)NCCOCCOCCOCCOCCC/C=C\CC3(C)C=Cc4c(ccc5c4[N+]([O-])=C4C5=C[C@@]56NC(=O)[C@]7(CCCN7C5=O)CC6C4(C)C)O3)c(=O)oc2c1. The second-order valence-corrected chi connectivity index (χ2v) is 19.7. The summed E-state index contributed by atoms with van der Waals surface area (Å²) < 4.78 is 35.5. The molecule has 4 saturated heterocycles. The van der Waals surface area contributed by atoms with Crippen LogP contribution in [0.1, 0.15) is 76.0 Å². The number of piperazine rings is 1. The minimum absolute atomic E-state index is 0.0504. The molecule has 16 nitrogen and oxygen atoms in total. The molecular formula is C52H63N5O11. The van der Waals surface area contributed by atoms with E-state index < -0.39 is 27.7 Å². The second kappa shape index (κ2) is 18.9. The lowest BCUT2D eigenvalue weighted by atomic mass is 9.51. The monoisotopic (exact) mass is 933 g/mol. The Morgan fingerprint density at radius 2 is 1.71 bits per heavy atom. The lowest BCUT2D eigenvalue weighted by Crippen LogP contribution is -2.83. The van der Waals surface area contributed by atoms with E-state index in [0.717, 1.165) is 51.8 Å². The fraction of sp³-hybridized carbons (Fsp3) is 0.519. The maximum absolute atomic E-state index is 14.4. The van der Waals surface area contributed by atoms with Crippen molar-refractivity contribution in [2.75, 3.05) is 84.9 Å². The Bertz CT molecular complexity index is 2670. The molecule has 7 heterocycles. The van der Waals surface area contributed by atoms with E-state index >= 15 is 0 Å². The molecular weight excluding hydrogens is 871 g/mol. The number of carbonyl (C=O) groups is 3. The van der Waals surface area contributed by atoms with Gasteiger partial charge in [-0.15, -0.1) is 0 Å². The van der Waals surface area contributed by atoms with Crippen LogP contribution in [0.2, 0.25) is 0 Å². The molecule has 7 aliphatic rings. The summed E-state index contributed by atoms with van der Waals surface area (Å²) in [6.45, 7) is 10.6. The highest BCUT2D eigenvalue weighted by molar-refractivity contribution is 6.30. The topological polar surface area (TPSA) is 184 Å². The van der Waals surface area contributed by atoms with Crippen LogP contribution in [0.5, 0.6) is 5.75 Å². The molecule has 4 atom stereocenters. The molecule has 2 unspecified atom stereocenters. The molecule has 10 rings (SSSR count). The number of nitrogens with one attached hydrogen (secondary N) is 2. The summed E-state index contributed by atoms with van der Waals surface area (Å²) in [5.74, 6) is -0.00513. The maximum Gasteiger partial charge on any atom is 0.339 e. The number of allylic oxidation sites excluding steroid dienone is 2. The summed E-state index contributed by atoms with van der Waals surface area (Å²) in [5.41, 5.74) is 1.28. The normalized spacial score (nSPS) is 24.9. The molecule has 362 valence electrons. The number of amides is 3. The van der Waals surface area contributed by atoms with E-state index in [4.69, 9.17) is 28.1 Å². The average molecular weight is 934 g/mol. The van der Waals surface area contributed by atoms with Crippen LogP contribution in [0, 0.1) is 16.5 Å². The van der Waals surface area contributed by atoms with Crippen molar-refractivity contribution in [2.24, 2.45) is 11.3 Å². The Balaban J connectivity index is 0.627. The molecule has 2 bridgehead atoms. The van der Waals surface area contributed by atoms with Gasteiger partial charge in [0.1, 0.15) is 28.0 Å². The number of unbranched alkanes of at least 4 members (excludes halogenated alkanes) is 1. The highest BCUT2D eigenvalue weighted by Gasteiger charge is 2.74. The first-order valence-corrected chi connectivity index (χ1v) is 23.9. The van der Waals surface area contributed by atoms with Crippen LogP contribution in [0.25, 0.3) is 22.6 Å². The number of piperidine rings is 2. The zero-order valence-electron chi connectivity index (χ0n) is 39.8. The predicted octanol–water partition coefficient (Wildman–Crippen LogP) is 5.44. The van der Waals surface area contributed by atoms with Gasteiger partial charge in [-0.05, 0) is 101 Å². The van der Waals surface area contributed by atoms with Crippen molar-refractivity contribution in [1.29, 1.82) is 0 Å². The molecule has 2 spiro atoms. The molecule has 1 aromatic heterocycles. The lowest BCUT2D eigenvalue weighted by Gasteiger charge is -2.62. The van der Waals surface area contributed by atoms with Gasteiger partial charge in [0.05, 0.1) is 74.8 Å².